The molecule has 2 nitrogen and oxygen atoms in total. The molecule has 0 atom stereocenters. The first kappa shape index (κ1) is 7.51. The highest BCUT2D eigenvalue weighted by atomic mass is 35.5. The maximum absolute atomic E-state index is 5.22. The van der Waals surface area contributed by atoms with Gasteiger partial charge < -0.3 is 0 Å². The van der Waals surface area contributed by atoms with Gasteiger partial charge in [0, 0.05) is 23.6 Å². The third-order valence-corrected chi connectivity index (χ3v) is 1.43. The van der Waals surface area contributed by atoms with E-state index in [0.29, 0.717) is 11.4 Å². The molecule has 0 aromatic heterocycles. The first-order valence-corrected chi connectivity index (χ1v) is 3.29. The van der Waals surface area contributed by atoms with Crippen LogP contribution in [0.15, 0.2) is 33.3 Å². The smallest absolute Gasteiger partial charge is 0.104 e. The minimum atomic E-state index is 0.583. The zero-order valence-electron chi connectivity index (χ0n) is 4.96. The van der Waals surface area contributed by atoms with Gasteiger partial charge in [-0.2, -0.15) is 9.02 Å². The Balaban J connectivity index is 2.96. The first-order valence-electron chi connectivity index (χ1n) is 2.61. The average molecular weight is 175 g/mol. The topological polar surface area (TPSA) is 24.7 Å². The molecule has 10 heavy (non-hydrogen) atoms. The van der Waals surface area contributed by atoms with Crippen LogP contribution in [-0.4, -0.2) is 11.4 Å². The molecular formula is C6H4Cl2N2. The van der Waals surface area contributed by atoms with Gasteiger partial charge in [0.15, 0.2) is 0 Å². The summed E-state index contributed by atoms with van der Waals surface area (Å²) in [6.45, 7) is 0. The molecule has 4 heteroatoms. The average Bonchev–Trinajstić information content (AvgIpc) is 2.04. The molecule has 0 unspecified atom stereocenters. The molecule has 0 radical (unpaired) electrons. The summed E-state index contributed by atoms with van der Waals surface area (Å²) in [5, 5.41) is 0. The van der Waals surface area contributed by atoms with Gasteiger partial charge in [0.2, 0.25) is 0 Å². The molecule has 52 valence electrons. The molecule has 0 saturated heterocycles. The van der Waals surface area contributed by atoms with Crippen molar-refractivity contribution < 1.29 is 0 Å². The Morgan fingerprint density at radius 2 is 1.30 bits per heavy atom. The summed E-state index contributed by atoms with van der Waals surface area (Å²) in [7, 11) is 0. The minimum absolute atomic E-state index is 0.583. The van der Waals surface area contributed by atoms with Crippen molar-refractivity contribution in [2.45, 2.75) is 0 Å². The van der Waals surface area contributed by atoms with Crippen molar-refractivity contribution in [2.75, 3.05) is 0 Å². The molecule has 0 aromatic carbocycles. The fraction of sp³-hybridized carbons (Fsp3) is 0. The highest BCUT2D eigenvalue weighted by Gasteiger charge is 2.03. The maximum Gasteiger partial charge on any atom is 0.104 e. The van der Waals surface area contributed by atoms with Crippen molar-refractivity contribution in [1.29, 1.82) is 0 Å². The van der Waals surface area contributed by atoms with E-state index in [-0.39, 0.29) is 0 Å². The summed E-state index contributed by atoms with van der Waals surface area (Å²) in [6, 6.07) is 0. The van der Waals surface area contributed by atoms with Gasteiger partial charge in [-0.1, -0.05) is 12.2 Å². The Morgan fingerprint density at radius 1 is 0.900 bits per heavy atom. The van der Waals surface area contributed by atoms with E-state index in [1.807, 2.05) is 12.2 Å². The normalized spacial score (nSPS) is 24.6. The molecule has 0 heterocycles. The zero-order chi connectivity index (χ0) is 7.40. The van der Waals surface area contributed by atoms with Crippen LogP contribution in [-0.2, 0) is 0 Å². The lowest BCUT2D eigenvalue weighted by atomic mass is 10.1. The number of hydrogen-bond donors (Lipinski definition) is 0. The molecule has 0 aliphatic heterocycles. The van der Waals surface area contributed by atoms with Crippen LogP contribution in [0.2, 0.25) is 0 Å². The van der Waals surface area contributed by atoms with Gasteiger partial charge in [-0.3, -0.25) is 0 Å². The molecule has 0 N–H and O–H groups in total. The summed E-state index contributed by atoms with van der Waals surface area (Å²) in [5.41, 5.74) is 1.17. The van der Waals surface area contributed by atoms with Crippen LogP contribution in [0, 0.1) is 0 Å². The molecule has 0 spiro atoms. The number of nitrogens with zero attached hydrogens (tertiary/aromatic N) is 2. The van der Waals surface area contributed by atoms with E-state index in [4.69, 9.17) is 23.6 Å². The van der Waals surface area contributed by atoms with E-state index in [9.17, 15) is 0 Å². The molecule has 0 amide bonds. The molecule has 1 aliphatic carbocycles. The van der Waals surface area contributed by atoms with Gasteiger partial charge in [-0.05, 0) is 12.2 Å². The predicted molar refractivity (Wildman–Crippen MR) is 44.9 cm³/mol. The molecule has 1 rings (SSSR count). The van der Waals surface area contributed by atoms with E-state index >= 15 is 0 Å². The number of allylic oxidation sites excluding steroid dienone is 4. The Hall–Kier alpha value is -0.600. The van der Waals surface area contributed by atoms with Gasteiger partial charge in [0.1, 0.15) is 11.4 Å². The van der Waals surface area contributed by atoms with E-state index in [1.54, 1.807) is 12.2 Å². The summed E-state index contributed by atoms with van der Waals surface area (Å²) in [5.74, 6) is 0. The molecular weight excluding hydrogens is 171 g/mol. The molecule has 0 saturated carbocycles. The third kappa shape index (κ3) is 1.46. The first-order chi connectivity index (χ1) is 4.88. The van der Waals surface area contributed by atoms with Crippen molar-refractivity contribution in [1.82, 2.24) is 0 Å². The van der Waals surface area contributed by atoms with Crippen LogP contribution in [0.3, 0.4) is 0 Å². The van der Waals surface area contributed by atoms with Crippen molar-refractivity contribution in [3.8, 4) is 0 Å². The molecule has 0 aromatic rings. The monoisotopic (exact) mass is 174 g/mol. The Morgan fingerprint density at radius 3 is 1.60 bits per heavy atom. The standard InChI is InChI=1S/C6H4Cl2N2/c7-9-5-3-1-2-4-6(5)10-8/h1-4H/b9-5+,10-6+. The van der Waals surface area contributed by atoms with E-state index in [0.717, 1.165) is 0 Å². The van der Waals surface area contributed by atoms with Gasteiger partial charge in [0.05, 0.1) is 0 Å². The van der Waals surface area contributed by atoms with Gasteiger partial charge >= 0.3 is 0 Å². The maximum atomic E-state index is 5.22. The molecule has 0 fully saturated rings. The van der Waals surface area contributed by atoms with Gasteiger partial charge in [0.25, 0.3) is 0 Å². The van der Waals surface area contributed by atoms with Crippen LogP contribution >= 0.6 is 23.6 Å². The number of halogens is 2. The van der Waals surface area contributed by atoms with E-state index in [2.05, 4.69) is 9.02 Å². The molecule has 0 bridgehead atoms. The second kappa shape index (κ2) is 3.54. The highest BCUT2D eigenvalue weighted by Crippen LogP contribution is 2.00. The summed E-state index contributed by atoms with van der Waals surface area (Å²) in [6.07, 6.45) is 7.09. The second-order valence-corrected chi connectivity index (χ2v) is 2.00. The number of rotatable bonds is 0. The van der Waals surface area contributed by atoms with E-state index in [1.165, 1.54) is 0 Å². The van der Waals surface area contributed by atoms with Crippen LogP contribution in [0.1, 0.15) is 0 Å². The Labute approximate surface area is 68.8 Å². The Kier molecular flexibility index (Phi) is 2.66. The Bertz CT molecular complexity index is 212. The van der Waals surface area contributed by atoms with Gasteiger partial charge in [-0.25, -0.2) is 0 Å². The van der Waals surface area contributed by atoms with Crippen LogP contribution in [0.5, 0.6) is 0 Å². The molecule has 1 aliphatic rings. The van der Waals surface area contributed by atoms with Crippen LogP contribution < -0.4 is 0 Å². The SMILES string of the molecule is Cl/N=C1\C=CC=C\C1=N/Cl. The summed E-state index contributed by atoms with van der Waals surface area (Å²) >= 11 is 10.4. The van der Waals surface area contributed by atoms with Crippen molar-refractivity contribution >= 4 is 35.0 Å². The third-order valence-electron chi connectivity index (χ3n) is 1.06. The zero-order valence-corrected chi connectivity index (χ0v) is 6.47. The summed E-state index contributed by atoms with van der Waals surface area (Å²) in [4.78, 5) is 0. The number of hydrogen-bond acceptors (Lipinski definition) is 2. The predicted octanol–water partition coefficient (Wildman–Crippen LogP) is 2.30. The highest BCUT2D eigenvalue weighted by molar-refractivity contribution is 6.55. The lowest BCUT2D eigenvalue weighted by Crippen LogP contribution is -2.08. The van der Waals surface area contributed by atoms with Crippen molar-refractivity contribution in [3.63, 3.8) is 0 Å². The largest absolute Gasteiger partial charge is 0.176 e. The minimum Gasteiger partial charge on any atom is -0.176 e. The van der Waals surface area contributed by atoms with Crippen LogP contribution in [0.25, 0.3) is 0 Å². The second-order valence-electron chi connectivity index (χ2n) is 1.66. The fourth-order valence-electron chi connectivity index (χ4n) is 0.607. The van der Waals surface area contributed by atoms with Gasteiger partial charge in [-0.15, -0.1) is 0 Å². The van der Waals surface area contributed by atoms with Crippen LogP contribution in [0.4, 0.5) is 0 Å². The van der Waals surface area contributed by atoms with Crippen molar-refractivity contribution in [2.24, 2.45) is 9.02 Å². The quantitative estimate of drug-likeness (QED) is 0.504. The summed E-state index contributed by atoms with van der Waals surface area (Å²) < 4.78 is 6.87. The lowest BCUT2D eigenvalue weighted by molar-refractivity contribution is 1.79. The lowest BCUT2D eigenvalue weighted by Gasteiger charge is -1.98. The van der Waals surface area contributed by atoms with Crippen molar-refractivity contribution in [3.05, 3.63) is 24.3 Å². The fourth-order valence-corrected chi connectivity index (χ4v) is 0.893. The van der Waals surface area contributed by atoms with E-state index < -0.39 is 0 Å².